The minimum absolute atomic E-state index is 0.0878. The van der Waals surface area contributed by atoms with Crippen LogP contribution < -0.4 is 0 Å². The van der Waals surface area contributed by atoms with Crippen molar-refractivity contribution in [2.75, 3.05) is 52.5 Å². The van der Waals surface area contributed by atoms with Gasteiger partial charge in [0, 0.05) is 24.2 Å². The van der Waals surface area contributed by atoms with Gasteiger partial charge in [-0.2, -0.15) is 0 Å². The van der Waals surface area contributed by atoms with Gasteiger partial charge in [-0.1, -0.05) is 218 Å². The lowest BCUT2D eigenvalue weighted by atomic mass is 9.72. The third-order valence-electron chi connectivity index (χ3n) is 16.2. The summed E-state index contributed by atoms with van der Waals surface area (Å²) in [4.78, 5) is 57.9. The summed E-state index contributed by atoms with van der Waals surface area (Å²) in [6, 6.07) is 0. The number of allylic oxidation sites excluding steroid dienone is 34. The van der Waals surface area contributed by atoms with Crippen LogP contribution in [0, 0.1) is 10.8 Å². The maximum atomic E-state index is 13.4. The number of rotatable bonds is 31. The fourth-order valence-corrected chi connectivity index (χ4v) is 10.3. The van der Waals surface area contributed by atoms with Crippen LogP contribution >= 0.6 is 0 Å². The van der Waals surface area contributed by atoms with Gasteiger partial charge in [-0.15, -0.1) is 0 Å². The van der Waals surface area contributed by atoms with Crippen molar-refractivity contribution in [2.24, 2.45) is 10.8 Å². The molecular formula is C76H104N2O8. The van der Waals surface area contributed by atoms with Gasteiger partial charge in [0.2, 0.25) is 0 Å². The van der Waals surface area contributed by atoms with Gasteiger partial charge in [0.1, 0.15) is 13.2 Å². The first kappa shape index (κ1) is 71.6. The first-order valence-corrected chi connectivity index (χ1v) is 31.3. The highest BCUT2D eigenvalue weighted by atomic mass is 16.6. The van der Waals surface area contributed by atoms with Gasteiger partial charge in [-0.25, -0.2) is 9.59 Å². The Morgan fingerprint density at radius 2 is 0.733 bits per heavy atom. The molecule has 2 atom stereocenters. The van der Waals surface area contributed by atoms with Crippen LogP contribution in [0.15, 0.2) is 213 Å². The highest BCUT2D eigenvalue weighted by Crippen LogP contribution is 2.42. The number of carbonyl (C=O) groups is 4. The molecule has 0 aromatic rings. The molecule has 2 heterocycles. The SMILES string of the molecule is CC(C=CC=C(C)C=CC1=C(C)CCCC1(C)C)=CC=CC=C(C)C=CC=C(C)C(=O)OC[C@H](OC(=O)CCN1CCC1)[C@@H](COC(=O)\C(C)=C/C=C/C(C)=C/C=C/C=C(C)/C=C/C=C(C)/C=C/C1=C(C)CCCC1(C)C)OC(=O)CCN1CCC1. The topological polar surface area (TPSA) is 112 Å². The summed E-state index contributed by atoms with van der Waals surface area (Å²) in [5, 5.41) is 0. The first-order valence-electron chi connectivity index (χ1n) is 31.3. The predicted molar refractivity (Wildman–Crippen MR) is 357 cm³/mol. The molecule has 0 radical (unpaired) electrons. The third-order valence-corrected chi connectivity index (χ3v) is 16.2. The summed E-state index contributed by atoms with van der Waals surface area (Å²) < 4.78 is 23.3. The second-order valence-electron chi connectivity index (χ2n) is 25.0. The van der Waals surface area contributed by atoms with E-state index in [-0.39, 0.29) is 23.7 Å². The largest absolute Gasteiger partial charge is 0.458 e. The van der Waals surface area contributed by atoms with Crippen LogP contribution in [-0.4, -0.2) is 98.4 Å². The molecule has 0 unspecified atom stereocenters. The molecule has 0 saturated carbocycles. The maximum Gasteiger partial charge on any atom is 0.333 e. The Balaban J connectivity index is 1.36. The number of ether oxygens (including phenoxy) is 4. The van der Waals surface area contributed by atoms with Crippen molar-refractivity contribution >= 4 is 23.9 Å². The molecule has 2 aliphatic carbocycles. The van der Waals surface area contributed by atoms with Crippen LogP contribution in [0.3, 0.4) is 0 Å². The smallest absolute Gasteiger partial charge is 0.333 e. The summed E-state index contributed by atoms with van der Waals surface area (Å²) in [6.45, 7) is 33.2. The molecule has 0 N–H and O–H groups in total. The van der Waals surface area contributed by atoms with Gasteiger partial charge in [0.05, 0.1) is 12.8 Å². The van der Waals surface area contributed by atoms with Crippen LogP contribution in [0.4, 0.5) is 0 Å². The van der Waals surface area contributed by atoms with Gasteiger partial charge in [0.15, 0.2) is 12.2 Å². The fraction of sp³-hybridized carbons (Fsp3) is 0.474. The Kier molecular flexibility index (Phi) is 31.3. The van der Waals surface area contributed by atoms with Crippen molar-refractivity contribution in [1.82, 2.24) is 9.80 Å². The van der Waals surface area contributed by atoms with Crippen molar-refractivity contribution in [3.63, 3.8) is 0 Å². The summed E-state index contributed by atoms with van der Waals surface area (Å²) in [6.07, 6.45) is 55.3. The molecule has 2 fully saturated rings. The summed E-state index contributed by atoms with van der Waals surface area (Å²) >= 11 is 0. The summed E-state index contributed by atoms with van der Waals surface area (Å²) in [5.41, 5.74) is 13.5. The number of carbonyl (C=O) groups excluding carboxylic acids is 4. The highest BCUT2D eigenvalue weighted by molar-refractivity contribution is 5.88. The van der Waals surface area contributed by atoms with Crippen molar-refractivity contribution in [3.05, 3.63) is 213 Å². The Morgan fingerprint density at radius 3 is 1.03 bits per heavy atom. The van der Waals surface area contributed by atoms with Crippen molar-refractivity contribution < 1.29 is 38.1 Å². The van der Waals surface area contributed by atoms with Crippen LogP contribution in [0.5, 0.6) is 0 Å². The molecule has 10 heteroatoms. The Bertz CT molecular complexity index is 2710. The van der Waals surface area contributed by atoms with Crippen LogP contribution in [0.1, 0.15) is 161 Å². The molecule has 0 bridgehead atoms. The predicted octanol–water partition coefficient (Wildman–Crippen LogP) is 17.2. The quantitative estimate of drug-likeness (QED) is 0.0288. The summed E-state index contributed by atoms with van der Waals surface area (Å²) in [5.74, 6) is -2.39. The molecule has 2 aliphatic heterocycles. The molecule has 2 saturated heterocycles. The highest BCUT2D eigenvalue weighted by Gasteiger charge is 2.33. The van der Waals surface area contributed by atoms with E-state index in [0.29, 0.717) is 24.2 Å². The normalized spacial score (nSPS) is 20.2. The number of likely N-dealkylation sites (tertiary alicyclic amines) is 2. The van der Waals surface area contributed by atoms with Gasteiger partial charge >= 0.3 is 23.9 Å². The van der Waals surface area contributed by atoms with Crippen molar-refractivity contribution in [2.45, 2.75) is 173 Å². The minimum Gasteiger partial charge on any atom is -0.458 e. The number of hydrogen-bond acceptors (Lipinski definition) is 10. The monoisotopic (exact) mass is 1170 g/mol. The van der Waals surface area contributed by atoms with Gasteiger partial charge < -0.3 is 28.7 Å². The molecule has 0 aromatic carbocycles. The van der Waals surface area contributed by atoms with E-state index in [2.05, 4.69) is 152 Å². The second-order valence-corrected chi connectivity index (χ2v) is 25.0. The Labute approximate surface area is 518 Å². The summed E-state index contributed by atoms with van der Waals surface area (Å²) in [7, 11) is 0. The van der Waals surface area contributed by atoms with Crippen LogP contribution in [0.2, 0.25) is 0 Å². The van der Waals surface area contributed by atoms with E-state index in [9.17, 15) is 19.2 Å². The van der Waals surface area contributed by atoms with Gasteiger partial charge in [-0.05, 0) is 169 Å². The minimum atomic E-state index is -1.25. The maximum absolute atomic E-state index is 13.4. The number of esters is 4. The Morgan fingerprint density at radius 1 is 0.430 bits per heavy atom. The lowest BCUT2D eigenvalue weighted by Crippen LogP contribution is -2.44. The molecular weight excluding hydrogens is 1070 g/mol. The van der Waals surface area contributed by atoms with Crippen molar-refractivity contribution in [3.8, 4) is 0 Å². The van der Waals surface area contributed by atoms with Crippen molar-refractivity contribution in [1.29, 1.82) is 0 Å². The molecule has 10 nitrogen and oxygen atoms in total. The lowest BCUT2D eigenvalue weighted by Gasteiger charge is -2.33. The van der Waals surface area contributed by atoms with Gasteiger partial charge in [0.25, 0.3) is 0 Å². The molecule has 0 amide bonds. The average Bonchev–Trinajstić information content (AvgIpc) is 3.17. The van der Waals surface area contributed by atoms with Gasteiger partial charge in [-0.3, -0.25) is 9.59 Å². The molecule has 86 heavy (non-hydrogen) atoms. The first-order chi connectivity index (χ1) is 40.9. The van der Waals surface area contributed by atoms with E-state index in [1.165, 1.54) is 72.0 Å². The molecule has 0 aromatic heterocycles. The van der Waals surface area contributed by atoms with E-state index in [1.807, 2.05) is 62.5 Å². The Hall–Kier alpha value is -6.88. The molecule has 466 valence electrons. The zero-order valence-corrected chi connectivity index (χ0v) is 54.9. The van der Waals surface area contributed by atoms with Crippen LogP contribution in [0.25, 0.3) is 0 Å². The standard InChI is InChI=1S/C76H104N2O8/c1-57(31-19-33-61(5)41-43-67-63(7)39-23-47-75(67,11)12)27-15-17-29-59(3)35-21-37-65(9)73(81)83-55-69(85-71(79)45-53-77-49-25-50-77)70(86-72(80)46-54-78-51-26-52-78)56-84-74(82)66(10)38-22-36-60(4)30-18-16-28-58(2)32-20-34-62(6)42-44-68-64(8)40-24-48-76(68,13)14/h15-22,27-38,41-44,69-70H,23-26,39-40,45-56H2,1-14H3/b17-15+,18-16?,31-19+,32-20?,35-21+,36-22?,43-41+,44-42?,57-27+,58-28?,59-29+,60-30?,61-33+,62-34?,65-37-,66-38?/t69-,70+/m1/s1. The molecule has 4 aliphatic rings. The molecule has 4 rings (SSSR count). The molecule has 0 spiro atoms. The van der Waals surface area contributed by atoms with Crippen LogP contribution in [-0.2, 0) is 38.1 Å². The van der Waals surface area contributed by atoms with E-state index in [4.69, 9.17) is 18.9 Å². The van der Waals surface area contributed by atoms with E-state index < -0.39 is 49.3 Å². The van der Waals surface area contributed by atoms with E-state index >= 15 is 0 Å². The zero-order chi connectivity index (χ0) is 63.1. The van der Waals surface area contributed by atoms with E-state index in [0.717, 1.165) is 61.3 Å². The average molecular weight is 1170 g/mol. The zero-order valence-electron chi connectivity index (χ0n) is 54.9. The second kappa shape index (κ2) is 37.6. The third kappa shape index (κ3) is 27.7. The number of nitrogens with zero attached hydrogens (tertiary/aromatic N) is 2. The van der Waals surface area contributed by atoms with E-state index in [1.54, 1.807) is 38.2 Å². The number of hydrogen-bond donors (Lipinski definition) is 0. The fourth-order valence-electron chi connectivity index (χ4n) is 10.3. The lowest BCUT2D eigenvalue weighted by molar-refractivity contribution is -0.181.